The second kappa shape index (κ2) is 4.40. The van der Waals surface area contributed by atoms with Gasteiger partial charge in [0.25, 0.3) is 0 Å². The standard InChI is InChI=1S/C11H14N4O2/c1-7-4-5-12-15(7)6-10(16)13-11-8(2)14-17-9(11)3/h4-5H,6H2,1-3H3,(H,13,16). The highest BCUT2D eigenvalue weighted by atomic mass is 16.5. The fourth-order valence-corrected chi connectivity index (χ4v) is 1.54. The molecule has 1 amide bonds. The Hall–Kier alpha value is -2.11. The minimum absolute atomic E-state index is 0.147. The number of amides is 1. The van der Waals surface area contributed by atoms with Crippen molar-refractivity contribution in [3.63, 3.8) is 0 Å². The second-order valence-corrected chi connectivity index (χ2v) is 3.88. The Morgan fingerprint density at radius 2 is 2.24 bits per heavy atom. The molecule has 2 rings (SSSR count). The molecule has 1 N–H and O–H groups in total. The predicted octanol–water partition coefficient (Wildman–Crippen LogP) is 1.44. The van der Waals surface area contributed by atoms with Crippen molar-refractivity contribution < 1.29 is 9.32 Å². The highest BCUT2D eigenvalue weighted by molar-refractivity contribution is 5.91. The van der Waals surface area contributed by atoms with Crippen molar-refractivity contribution in [2.45, 2.75) is 27.3 Å². The number of nitrogens with zero attached hydrogens (tertiary/aromatic N) is 3. The van der Waals surface area contributed by atoms with E-state index in [-0.39, 0.29) is 12.5 Å². The summed E-state index contributed by atoms with van der Waals surface area (Å²) < 4.78 is 6.60. The van der Waals surface area contributed by atoms with Crippen LogP contribution in [0.5, 0.6) is 0 Å². The highest BCUT2D eigenvalue weighted by Crippen LogP contribution is 2.18. The van der Waals surface area contributed by atoms with Gasteiger partial charge in [-0.05, 0) is 26.8 Å². The van der Waals surface area contributed by atoms with Gasteiger partial charge in [0.1, 0.15) is 17.9 Å². The number of rotatable bonds is 3. The quantitative estimate of drug-likeness (QED) is 0.872. The molecule has 6 heteroatoms. The lowest BCUT2D eigenvalue weighted by Crippen LogP contribution is -2.20. The summed E-state index contributed by atoms with van der Waals surface area (Å²) in [7, 11) is 0. The summed E-state index contributed by atoms with van der Waals surface area (Å²) in [6, 6.07) is 1.85. The average Bonchev–Trinajstić information content (AvgIpc) is 2.80. The lowest BCUT2D eigenvalue weighted by atomic mass is 10.3. The zero-order chi connectivity index (χ0) is 12.4. The molecular formula is C11H14N4O2. The van der Waals surface area contributed by atoms with Crippen molar-refractivity contribution in [1.29, 1.82) is 0 Å². The number of hydrogen-bond donors (Lipinski definition) is 1. The highest BCUT2D eigenvalue weighted by Gasteiger charge is 2.13. The number of nitrogens with one attached hydrogen (secondary N) is 1. The van der Waals surface area contributed by atoms with Gasteiger partial charge >= 0.3 is 0 Å². The zero-order valence-corrected chi connectivity index (χ0v) is 10.0. The lowest BCUT2D eigenvalue weighted by Gasteiger charge is -2.05. The number of carbonyl (C=O) groups excluding carboxylic acids is 1. The molecule has 0 bridgehead atoms. The molecule has 0 saturated heterocycles. The van der Waals surface area contributed by atoms with Crippen molar-refractivity contribution in [3.05, 3.63) is 29.4 Å². The molecule has 0 fully saturated rings. The third-order valence-corrected chi connectivity index (χ3v) is 2.52. The summed E-state index contributed by atoms with van der Waals surface area (Å²) in [4.78, 5) is 11.8. The summed E-state index contributed by atoms with van der Waals surface area (Å²) in [5.41, 5.74) is 2.26. The molecule has 0 saturated carbocycles. The third kappa shape index (κ3) is 2.35. The molecule has 6 nitrogen and oxygen atoms in total. The van der Waals surface area contributed by atoms with Crippen LogP contribution in [-0.4, -0.2) is 20.8 Å². The lowest BCUT2D eigenvalue weighted by molar-refractivity contribution is -0.117. The van der Waals surface area contributed by atoms with E-state index >= 15 is 0 Å². The van der Waals surface area contributed by atoms with Gasteiger partial charge in [-0.3, -0.25) is 9.48 Å². The van der Waals surface area contributed by atoms with Gasteiger partial charge in [0.05, 0.1) is 0 Å². The molecule has 2 heterocycles. The van der Waals surface area contributed by atoms with Crippen molar-refractivity contribution >= 4 is 11.6 Å². The van der Waals surface area contributed by atoms with E-state index in [0.29, 0.717) is 17.1 Å². The normalized spacial score (nSPS) is 10.5. The molecule has 0 atom stereocenters. The maximum absolute atomic E-state index is 11.8. The molecule has 0 aromatic carbocycles. The number of aryl methyl sites for hydroxylation is 3. The minimum Gasteiger partial charge on any atom is -0.359 e. The Kier molecular flexibility index (Phi) is 2.95. The number of aromatic nitrogens is 3. The Morgan fingerprint density at radius 3 is 2.76 bits per heavy atom. The summed E-state index contributed by atoms with van der Waals surface area (Å²) in [6.07, 6.45) is 1.67. The summed E-state index contributed by atoms with van der Waals surface area (Å²) in [6.45, 7) is 5.62. The van der Waals surface area contributed by atoms with Gasteiger partial charge in [0.2, 0.25) is 5.91 Å². The molecule has 2 aromatic heterocycles. The van der Waals surface area contributed by atoms with Gasteiger partial charge in [-0.2, -0.15) is 5.10 Å². The summed E-state index contributed by atoms with van der Waals surface area (Å²) in [5.74, 6) is 0.458. The van der Waals surface area contributed by atoms with Gasteiger partial charge in [0, 0.05) is 11.9 Å². The van der Waals surface area contributed by atoms with E-state index < -0.39 is 0 Å². The molecule has 0 spiro atoms. The van der Waals surface area contributed by atoms with Gasteiger partial charge < -0.3 is 9.84 Å². The van der Waals surface area contributed by atoms with Crippen molar-refractivity contribution in [2.75, 3.05) is 5.32 Å². The number of anilines is 1. The van der Waals surface area contributed by atoms with Crippen LogP contribution in [0, 0.1) is 20.8 Å². The molecule has 90 valence electrons. The fourth-order valence-electron chi connectivity index (χ4n) is 1.54. The molecule has 0 unspecified atom stereocenters. The Bertz CT molecular complexity index is 522. The first-order valence-corrected chi connectivity index (χ1v) is 5.29. The van der Waals surface area contributed by atoms with Gasteiger partial charge in [-0.15, -0.1) is 0 Å². The maximum Gasteiger partial charge on any atom is 0.246 e. The number of hydrogen-bond acceptors (Lipinski definition) is 4. The molecule has 2 aromatic rings. The largest absolute Gasteiger partial charge is 0.359 e. The monoisotopic (exact) mass is 234 g/mol. The van der Waals surface area contributed by atoms with Crippen molar-refractivity contribution in [2.24, 2.45) is 0 Å². The summed E-state index contributed by atoms with van der Waals surface area (Å²) >= 11 is 0. The van der Waals surface area contributed by atoms with Gasteiger partial charge in [-0.1, -0.05) is 5.16 Å². The second-order valence-electron chi connectivity index (χ2n) is 3.88. The summed E-state index contributed by atoms with van der Waals surface area (Å²) in [5, 5.41) is 10.6. The van der Waals surface area contributed by atoms with Crippen LogP contribution in [0.3, 0.4) is 0 Å². The van der Waals surface area contributed by atoms with E-state index in [4.69, 9.17) is 4.52 Å². The maximum atomic E-state index is 11.8. The predicted molar refractivity (Wildman–Crippen MR) is 61.6 cm³/mol. The molecule has 0 radical (unpaired) electrons. The Balaban J connectivity index is 2.06. The first kappa shape index (κ1) is 11.4. The van der Waals surface area contributed by atoms with Crippen molar-refractivity contribution in [3.8, 4) is 0 Å². The van der Waals surface area contributed by atoms with Crippen LogP contribution in [0.4, 0.5) is 5.69 Å². The zero-order valence-electron chi connectivity index (χ0n) is 10.0. The van der Waals surface area contributed by atoms with E-state index in [1.807, 2.05) is 13.0 Å². The van der Waals surface area contributed by atoms with Crippen LogP contribution in [0.25, 0.3) is 0 Å². The van der Waals surface area contributed by atoms with E-state index in [9.17, 15) is 4.79 Å². The smallest absolute Gasteiger partial charge is 0.246 e. The molecule has 0 aliphatic heterocycles. The van der Waals surface area contributed by atoms with E-state index in [1.165, 1.54) is 0 Å². The topological polar surface area (TPSA) is 73.0 Å². The first-order chi connectivity index (χ1) is 8.08. The molecular weight excluding hydrogens is 220 g/mol. The van der Waals surface area contributed by atoms with Gasteiger partial charge in [-0.25, -0.2) is 0 Å². The van der Waals surface area contributed by atoms with Crippen LogP contribution in [-0.2, 0) is 11.3 Å². The SMILES string of the molecule is Cc1noc(C)c1NC(=O)Cn1nccc1C. The Labute approximate surface area is 98.6 Å². The van der Waals surface area contributed by atoms with Crippen molar-refractivity contribution in [1.82, 2.24) is 14.9 Å². The van der Waals surface area contributed by atoms with E-state index in [0.717, 1.165) is 5.69 Å². The van der Waals surface area contributed by atoms with Crippen LogP contribution in [0.15, 0.2) is 16.8 Å². The van der Waals surface area contributed by atoms with Crippen LogP contribution >= 0.6 is 0 Å². The van der Waals surface area contributed by atoms with Gasteiger partial charge in [0.15, 0.2) is 5.76 Å². The van der Waals surface area contributed by atoms with E-state index in [1.54, 1.807) is 24.7 Å². The van der Waals surface area contributed by atoms with E-state index in [2.05, 4.69) is 15.6 Å². The molecule has 0 aliphatic rings. The first-order valence-electron chi connectivity index (χ1n) is 5.29. The minimum atomic E-state index is -0.147. The molecule has 17 heavy (non-hydrogen) atoms. The van der Waals surface area contributed by atoms with Crippen LogP contribution < -0.4 is 5.32 Å². The van der Waals surface area contributed by atoms with Crippen LogP contribution in [0.1, 0.15) is 17.1 Å². The third-order valence-electron chi connectivity index (χ3n) is 2.52. The number of carbonyl (C=O) groups is 1. The average molecular weight is 234 g/mol. The fraction of sp³-hybridized carbons (Fsp3) is 0.364. The van der Waals surface area contributed by atoms with Crippen LogP contribution in [0.2, 0.25) is 0 Å². The Morgan fingerprint density at radius 1 is 1.47 bits per heavy atom. The molecule has 0 aliphatic carbocycles.